The number of phenols is 1. The fourth-order valence-corrected chi connectivity index (χ4v) is 1.63. The molecule has 3 heteroatoms. The summed E-state index contributed by atoms with van der Waals surface area (Å²) in [6.45, 7) is 2.49. The Hall–Kier alpha value is -1.51. The first-order valence-electron chi connectivity index (χ1n) is 4.36. The second kappa shape index (κ2) is 2.76. The van der Waals surface area contributed by atoms with Gasteiger partial charge >= 0.3 is 0 Å². The summed E-state index contributed by atoms with van der Waals surface area (Å²) in [6.07, 6.45) is 0.742. The minimum atomic E-state index is -0.164. The summed E-state index contributed by atoms with van der Waals surface area (Å²) in [7, 11) is 0. The van der Waals surface area contributed by atoms with Gasteiger partial charge in [0.25, 0.3) is 5.91 Å². The van der Waals surface area contributed by atoms with Crippen molar-refractivity contribution in [2.45, 2.75) is 19.9 Å². The first kappa shape index (κ1) is 8.10. The van der Waals surface area contributed by atoms with Crippen LogP contribution in [0.25, 0.3) is 0 Å². The monoisotopic (exact) mass is 177 g/mol. The smallest absolute Gasteiger partial charge is 0.255 e. The topological polar surface area (TPSA) is 49.3 Å². The third-order valence-electron chi connectivity index (χ3n) is 2.40. The van der Waals surface area contributed by atoms with E-state index >= 15 is 0 Å². The lowest BCUT2D eigenvalue weighted by Crippen LogP contribution is -2.12. The van der Waals surface area contributed by atoms with Gasteiger partial charge in [0.05, 0.1) is 5.56 Å². The van der Waals surface area contributed by atoms with Crippen molar-refractivity contribution in [1.82, 2.24) is 5.32 Å². The molecule has 0 atom stereocenters. The summed E-state index contributed by atoms with van der Waals surface area (Å²) >= 11 is 0. The average Bonchev–Trinajstić information content (AvgIpc) is 2.49. The lowest BCUT2D eigenvalue weighted by molar-refractivity contribution is 0.0963. The Labute approximate surface area is 76.4 Å². The molecule has 1 aliphatic rings. The highest BCUT2D eigenvalue weighted by molar-refractivity contribution is 6.01. The van der Waals surface area contributed by atoms with E-state index in [4.69, 9.17) is 0 Å². The zero-order valence-corrected chi connectivity index (χ0v) is 7.42. The normalized spacial score (nSPS) is 14.1. The van der Waals surface area contributed by atoms with Gasteiger partial charge in [-0.1, -0.05) is 19.1 Å². The number of nitrogens with one attached hydrogen (secondary N) is 1. The lowest BCUT2D eigenvalue weighted by atomic mass is 10.0. The van der Waals surface area contributed by atoms with Gasteiger partial charge in [0.15, 0.2) is 0 Å². The van der Waals surface area contributed by atoms with Gasteiger partial charge < -0.3 is 10.4 Å². The first-order chi connectivity index (χ1) is 6.24. The summed E-state index contributed by atoms with van der Waals surface area (Å²) in [6, 6.07) is 3.76. The molecule has 1 amide bonds. The van der Waals surface area contributed by atoms with E-state index in [1.807, 2.05) is 19.1 Å². The van der Waals surface area contributed by atoms with Crippen molar-refractivity contribution in [2.24, 2.45) is 0 Å². The van der Waals surface area contributed by atoms with Crippen LogP contribution in [0.1, 0.15) is 28.4 Å². The van der Waals surface area contributed by atoms with E-state index in [9.17, 15) is 9.90 Å². The van der Waals surface area contributed by atoms with Crippen molar-refractivity contribution in [3.63, 3.8) is 0 Å². The number of aryl methyl sites for hydroxylation is 1. The molecular weight excluding hydrogens is 166 g/mol. The SMILES string of the molecule is CCc1ccc2c(c1O)C(=O)NC2. The molecule has 2 N–H and O–H groups in total. The quantitative estimate of drug-likeness (QED) is 0.677. The molecule has 3 nitrogen and oxygen atoms in total. The Morgan fingerprint density at radius 3 is 3.00 bits per heavy atom. The highest BCUT2D eigenvalue weighted by Crippen LogP contribution is 2.29. The van der Waals surface area contributed by atoms with Crippen molar-refractivity contribution in [1.29, 1.82) is 0 Å². The molecule has 1 heterocycles. The third kappa shape index (κ3) is 1.08. The van der Waals surface area contributed by atoms with Gasteiger partial charge in [-0.2, -0.15) is 0 Å². The molecule has 0 saturated carbocycles. The molecular formula is C10H11NO2. The van der Waals surface area contributed by atoms with Gasteiger partial charge in [-0.25, -0.2) is 0 Å². The summed E-state index contributed by atoms with van der Waals surface area (Å²) in [5.41, 5.74) is 2.18. The van der Waals surface area contributed by atoms with Crippen LogP contribution in [0.3, 0.4) is 0 Å². The number of carbonyl (C=O) groups excluding carboxylic acids is 1. The minimum Gasteiger partial charge on any atom is -0.507 e. The molecule has 1 aliphatic heterocycles. The molecule has 2 rings (SSSR count). The standard InChI is InChI=1S/C10H11NO2/c1-2-6-3-4-7-5-11-10(13)8(7)9(6)12/h3-4,12H,2,5H2,1H3,(H,11,13). The van der Waals surface area contributed by atoms with E-state index in [1.54, 1.807) is 0 Å². The number of fused-ring (bicyclic) bond motifs is 1. The molecule has 1 aromatic rings. The number of hydrogen-bond donors (Lipinski definition) is 2. The molecule has 0 unspecified atom stereocenters. The highest BCUT2D eigenvalue weighted by Gasteiger charge is 2.23. The van der Waals surface area contributed by atoms with Gasteiger partial charge in [-0.15, -0.1) is 0 Å². The van der Waals surface area contributed by atoms with Crippen LogP contribution in [0.15, 0.2) is 12.1 Å². The maximum Gasteiger partial charge on any atom is 0.255 e. The van der Waals surface area contributed by atoms with Crippen LogP contribution >= 0.6 is 0 Å². The van der Waals surface area contributed by atoms with Gasteiger partial charge in [0, 0.05) is 6.54 Å². The van der Waals surface area contributed by atoms with E-state index in [0.29, 0.717) is 12.1 Å². The zero-order valence-electron chi connectivity index (χ0n) is 7.42. The summed E-state index contributed by atoms with van der Waals surface area (Å²) in [4.78, 5) is 11.3. The fraction of sp³-hybridized carbons (Fsp3) is 0.300. The van der Waals surface area contributed by atoms with Crippen LogP contribution in [0, 0.1) is 0 Å². The average molecular weight is 177 g/mol. The van der Waals surface area contributed by atoms with Crippen molar-refractivity contribution in [3.05, 3.63) is 28.8 Å². The second-order valence-electron chi connectivity index (χ2n) is 3.14. The molecule has 0 aromatic heterocycles. The van der Waals surface area contributed by atoms with Crippen molar-refractivity contribution in [2.75, 3.05) is 0 Å². The molecule has 13 heavy (non-hydrogen) atoms. The minimum absolute atomic E-state index is 0.148. The predicted molar refractivity (Wildman–Crippen MR) is 48.7 cm³/mol. The van der Waals surface area contributed by atoms with Crippen LogP contribution in [0.4, 0.5) is 0 Å². The van der Waals surface area contributed by atoms with Gasteiger partial charge in [0.2, 0.25) is 0 Å². The zero-order chi connectivity index (χ0) is 9.42. The third-order valence-corrected chi connectivity index (χ3v) is 2.40. The van der Waals surface area contributed by atoms with Crippen LogP contribution in [0.5, 0.6) is 5.75 Å². The predicted octanol–water partition coefficient (Wildman–Crippen LogP) is 1.20. The Morgan fingerprint density at radius 2 is 2.31 bits per heavy atom. The van der Waals surface area contributed by atoms with Crippen LogP contribution < -0.4 is 5.32 Å². The number of aromatic hydroxyl groups is 1. The number of carbonyl (C=O) groups is 1. The fourth-order valence-electron chi connectivity index (χ4n) is 1.63. The number of hydrogen-bond acceptors (Lipinski definition) is 2. The maximum absolute atomic E-state index is 11.3. The van der Waals surface area contributed by atoms with Crippen LogP contribution in [-0.2, 0) is 13.0 Å². The van der Waals surface area contributed by atoms with E-state index in [-0.39, 0.29) is 11.7 Å². The van der Waals surface area contributed by atoms with Gasteiger partial charge in [-0.05, 0) is 17.5 Å². The Kier molecular flexibility index (Phi) is 1.72. The van der Waals surface area contributed by atoms with Gasteiger partial charge in [-0.3, -0.25) is 4.79 Å². The first-order valence-corrected chi connectivity index (χ1v) is 4.36. The summed E-state index contributed by atoms with van der Waals surface area (Å²) in [5.74, 6) is -0.0159. The van der Waals surface area contributed by atoms with Crippen molar-refractivity contribution >= 4 is 5.91 Å². The highest BCUT2D eigenvalue weighted by atomic mass is 16.3. The molecule has 1 aromatic carbocycles. The summed E-state index contributed by atoms with van der Waals surface area (Å²) < 4.78 is 0. The second-order valence-corrected chi connectivity index (χ2v) is 3.14. The number of amides is 1. The maximum atomic E-state index is 11.3. The molecule has 68 valence electrons. The van der Waals surface area contributed by atoms with Crippen LogP contribution in [-0.4, -0.2) is 11.0 Å². The van der Waals surface area contributed by atoms with E-state index in [2.05, 4.69) is 5.32 Å². The lowest BCUT2D eigenvalue weighted by Gasteiger charge is -2.04. The van der Waals surface area contributed by atoms with E-state index in [1.165, 1.54) is 0 Å². The molecule has 0 aliphatic carbocycles. The molecule has 0 saturated heterocycles. The molecule has 0 spiro atoms. The molecule has 0 radical (unpaired) electrons. The number of benzene rings is 1. The van der Waals surface area contributed by atoms with E-state index in [0.717, 1.165) is 17.5 Å². The molecule has 0 fully saturated rings. The summed E-state index contributed by atoms with van der Waals surface area (Å²) in [5, 5.41) is 12.4. The Morgan fingerprint density at radius 1 is 1.54 bits per heavy atom. The number of rotatable bonds is 1. The number of phenolic OH excluding ortho intramolecular Hbond substituents is 1. The Bertz CT molecular complexity index is 371. The Balaban J connectivity index is 2.63. The van der Waals surface area contributed by atoms with E-state index < -0.39 is 0 Å². The van der Waals surface area contributed by atoms with Crippen molar-refractivity contribution in [3.8, 4) is 5.75 Å². The van der Waals surface area contributed by atoms with Crippen molar-refractivity contribution < 1.29 is 9.90 Å². The largest absolute Gasteiger partial charge is 0.507 e. The van der Waals surface area contributed by atoms with Crippen LogP contribution in [0.2, 0.25) is 0 Å². The van der Waals surface area contributed by atoms with Gasteiger partial charge in [0.1, 0.15) is 5.75 Å². The molecule has 0 bridgehead atoms.